The van der Waals surface area contributed by atoms with E-state index in [1.807, 2.05) is 0 Å². The largest absolute Gasteiger partial charge is 0.451 e. The second-order valence-corrected chi connectivity index (χ2v) is 6.84. The molecule has 0 radical (unpaired) electrons. The fourth-order valence-corrected chi connectivity index (χ4v) is 3.68. The Morgan fingerprint density at radius 1 is 1.24 bits per heavy atom. The zero-order valence-electron chi connectivity index (χ0n) is 12.3. The van der Waals surface area contributed by atoms with Crippen molar-refractivity contribution in [2.45, 2.75) is 11.2 Å². The smallest absolute Gasteiger partial charge is 0.297 e. The number of carbonyl (C=O) groups excluding carboxylic acids is 2. The van der Waals surface area contributed by atoms with Crippen LogP contribution < -0.4 is 0 Å². The van der Waals surface area contributed by atoms with Crippen molar-refractivity contribution in [1.29, 1.82) is 0 Å². The molecule has 3 aromatic rings. The summed E-state index contributed by atoms with van der Waals surface area (Å²) in [4.78, 5) is 34.4. The number of pyridine rings is 1. The molecule has 0 spiro atoms. The maximum Gasteiger partial charge on any atom is 0.451 e. The first kappa shape index (κ1) is 17.5. The van der Waals surface area contributed by atoms with Gasteiger partial charge in [0.25, 0.3) is 0 Å². The zero-order valence-corrected chi connectivity index (χ0v) is 13.9. The van der Waals surface area contributed by atoms with E-state index in [1.54, 1.807) is 12.1 Å². The van der Waals surface area contributed by atoms with Gasteiger partial charge in [-0.15, -0.1) is 11.3 Å². The van der Waals surface area contributed by atoms with Crippen LogP contribution in [0.5, 0.6) is 0 Å². The maximum absolute atomic E-state index is 12.9. The average molecular weight is 383 g/mol. The van der Waals surface area contributed by atoms with Crippen molar-refractivity contribution in [3.05, 3.63) is 46.0 Å². The first-order valence-corrected chi connectivity index (χ1v) is 8.59. The van der Waals surface area contributed by atoms with Crippen molar-refractivity contribution >= 4 is 46.2 Å². The van der Waals surface area contributed by atoms with E-state index < -0.39 is 12.0 Å². The van der Waals surface area contributed by atoms with Crippen LogP contribution >= 0.6 is 23.1 Å². The number of aldehydes is 1. The summed E-state index contributed by atoms with van der Waals surface area (Å²) >= 11 is 1.91. The summed E-state index contributed by atoms with van der Waals surface area (Å²) in [5.74, 6) is -1.71. The van der Waals surface area contributed by atoms with Crippen LogP contribution in [0.25, 0.3) is 11.0 Å². The molecule has 5 nitrogen and oxygen atoms in total. The predicted octanol–water partition coefficient (Wildman–Crippen LogP) is 3.89. The molecular weight excluding hydrogens is 375 g/mol. The molecule has 0 unspecified atom stereocenters. The topological polar surface area (TPSA) is 72.8 Å². The summed E-state index contributed by atoms with van der Waals surface area (Å²) < 4.78 is 38.8. The zero-order chi connectivity index (χ0) is 18.0. The summed E-state index contributed by atoms with van der Waals surface area (Å²) in [5.41, 5.74) is -0.0841. The number of rotatable bonds is 5. The van der Waals surface area contributed by atoms with Crippen LogP contribution in [0.3, 0.4) is 0 Å². The Kier molecular flexibility index (Phi) is 4.82. The number of fused-ring (bicyclic) bond motifs is 1. The first-order valence-electron chi connectivity index (χ1n) is 6.79. The molecule has 0 saturated carbocycles. The number of thiophene rings is 1. The Balaban J connectivity index is 1.89. The molecule has 0 aromatic carbocycles. The molecule has 0 amide bonds. The Hall–Kier alpha value is -2.33. The number of alkyl halides is 3. The summed E-state index contributed by atoms with van der Waals surface area (Å²) in [6.07, 6.45) is -2.74. The molecule has 3 rings (SSSR count). The van der Waals surface area contributed by atoms with Crippen LogP contribution in [0.2, 0.25) is 0 Å². The van der Waals surface area contributed by atoms with Crippen LogP contribution in [0.15, 0.2) is 35.5 Å². The molecule has 0 N–H and O–H groups in total. The van der Waals surface area contributed by atoms with Gasteiger partial charge in [0.2, 0.25) is 5.82 Å². The standard InChI is InChI=1S/C15H8F3N3O2S2/c16-15(17,18)14-20-12-9(2-1-5-19-12)13(21-14)24-7-10(23)11-4-3-8(6-22)25-11/h1-6H,7H2. The van der Waals surface area contributed by atoms with Crippen molar-refractivity contribution < 1.29 is 22.8 Å². The highest BCUT2D eigenvalue weighted by Gasteiger charge is 2.35. The van der Waals surface area contributed by atoms with Gasteiger partial charge in [-0.25, -0.2) is 15.0 Å². The third kappa shape index (κ3) is 3.85. The van der Waals surface area contributed by atoms with Crippen molar-refractivity contribution in [1.82, 2.24) is 15.0 Å². The van der Waals surface area contributed by atoms with Crippen molar-refractivity contribution in [3.63, 3.8) is 0 Å². The van der Waals surface area contributed by atoms with E-state index in [0.717, 1.165) is 23.1 Å². The number of hydrogen-bond donors (Lipinski definition) is 0. The van der Waals surface area contributed by atoms with E-state index in [-0.39, 0.29) is 22.2 Å². The third-order valence-electron chi connectivity index (χ3n) is 3.05. The highest BCUT2D eigenvalue weighted by atomic mass is 32.2. The number of hydrogen-bond acceptors (Lipinski definition) is 7. The van der Waals surface area contributed by atoms with Crippen LogP contribution in [-0.4, -0.2) is 32.8 Å². The van der Waals surface area contributed by atoms with Gasteiger partial charge in [-0.3, -0.25) is 9.59 Å². The molecule has 0 saturated heterocycles. The molecule has 0 aliphatic heterocycles. The number of aromatic nitrogens is 3. The molecule has 3 aromatic heterocycles. The number of carbonyl (C=O) groups is 2. The number of thioether (sulfide) groups is 1. The fourth-order valence-electron chi connectivity index (χ4n) is 1.94. The third-order valence-corrected chi connectivity index (χ3v) is 5.09. The minimum atomic E-state index is -4.71. The van der Waals surface area contributed by atoms with Gasteiger partial charge in [-0.2, -0.15) is 13.2 Å². The number of ketones is 1. The van der Waals surface area contributed by atoms with Gasteiger partial charge in [0.15, 0.2) is 17.7 Å². The molecule has 0 aliphatic rings. The second kappa shape index (κ2) is 6.89. The number of nitrogens with zero attached hydrogens (tertiary/aromatic N) is 3. The SMILES string of the molecule is O=Cc1ccc(C(=O)CSc2nc(C(F)(F)F)nc3ncccc23)s1. The Morgan fingerprint density at radius 3 is 2.72 bits per heavy atom. The van der Waals surface area contributed by atoms with E-state index in [2.05, 4.69) is 15.0 Å². The highest BCUT2D eigenvalue weighted by molar-refractivity contribution is 8.00. The van der Waals surface area contributed by atoms with Gasteiger partial charge in [0.1, 0.15) is 5.03 Å². The maximum atomic E-state index is 12.9. The molecule has 0 fully saturated rings. The average Bonchev–Trinajstić information content (AvgIpc) is 3.07. The Morgan fingerprint density at radius 2 is 2.04 bits per heavy atom. The van der Waals surface area contributed by atoms with Crippen LogP contribution in [0.4, 0.5) is 13.2 Å². The molecule has 10 heteroatoms. The van der Waals surface area contributed by atoms with Crippen molar-refractivity contribution in [2.75, 3.05) is 5.75 Å². The van der Waals surface area contributed by atoms with Crippen molar-refractivity contribution in [2.24, 2.45) is 0 Å². The van der Waals surface area contributed by atoms with E-state index in [4.69, 9.17) is 0 Å². The monoisotopic (exact) mass is 383 g/mol. The lowest BCUT2D eigenvalue weighted by molar-refractivity contribution is -0.145. The van der Waals surface area contributed by atoms with Crippen LogP contribution in [0, 0.1) is 0 Å². The van der Waals surface area contributed by atoms with Gasteiger partial charge < -0.3 is 0 Å². The summed E-state index contributed by atoms with van der Waals surface area (Å²) in [6.45, 7) is 0. The van der Waals surface area contributed by atoms with Crippen LogP contribution in [0.1, 0.15) is 25.2 Å². The van der Waals surface area contributed by atoms with E-state index >= 15 is 0 Å². The lowest BCUT2D eigenvalue weighted by Gasteiger charge is -2.09. The van der Waals surface area contributed by atoms with Gasteiger partial charge in [-0.05, 0) is 24.3 Å². The Labute approximate surface area is 147 Å². The van der Waals surface area contributed by atoms with Crippen molar-refractivity contribution in [3.8, 4) is 0 Å². The molecular formula is C15H8F3N3O2S2. The lowest BCUT2D eigenvalue weighted by Crippen LogP contribution is -2.12. The van der Waals surface area contributed by atoms with E-state index in [1.165, 1.54) is 18.3 Å². The van der Waals surface area contributed by atoms with Gasteiger partial charge >= 0.3 is 6.18 Å². The molecule has 25 heavy (non-hydrogen) atoms. The second-order valence-electron chi connectivity index (χ2n) is 4.76. The van der Waals surface area contributed by atoms with Gasteiger partial charge in [0, 0.05) is 6.20 Å². The normalized spacial score (nSPS) is 11.6. The predicted molar refractivity (Wildman–Crippen MR) is 87.1 cm³/mol. The quantitative estimate of drug-likeness (QED) is 0.288. The molecule has 128 valence electrons. The lowest BCUT2D eigenvalue weighted by atomic mass is 10.3. The van der Waals surface area contributed by atoms with E-state index in [9.17, 15) is 22.8 Å². The molecule has 0 bridgehead atoms. The molecule has 3 heterocycles. The summed E-state index contributed by atoms with van der Waals surface area (Å²) in [5, 5.41) is 0.374. The highest BCUT2D eigenvalue weighted by Crippen LogP contribution is 2.32. The minimum Gasteiger partial charge on any atom is -0.297 e. The van der Waals surface area contributed by atoms with Gasteiger partial charge in [-0.1, -0.05) is 11.8 Å². The van der Waals surface area contributed by atoms with Crippen LogP contribution in [-0.2, 0) is 6.18 Å². The Bertz CT molecular complexity index is 957. The first-order chi connectivity index (χ1) is 11.9. The number of Topliss-reactive ketones (excluding diaryl/α,β-unsaturated/α-hetero) is 1. The minimum absolute atomic E-state index is 0.0333. The summed E-state index contributed by atoms with van der Waals surface area (Å²) in [6, 6.07) is 6.13. The van der Waals surface area contributed by atoms with E-state index in [0.29, 0.717) is 21.4 Å². The molecule has 0 atom stereocenters. The van der Waals surface area contributed by atoms with Gasteiger partial charge in [0.05, 0.1) is 20.9 Å². The summed E-state index contributed by atoms with van der Waals surface area (Å²) in [7, 11) is 0. The molecule has 0 aliphatic carbocycles. The fraction of sp³-hybridized carbons (Fsp3) is 0.133. The number of halogens is 3.